The van der Waals surface area contributed by atoms with Gasteiger partial charge in [-0.2, -0.15) is 0 Å². The van der Waals surface area contributed by atoms with Crippen molar-refractivity contribution in [3.05, 3.63) is 0 Å². The fourth-order valence-corrected chi connectivity index (χ4v) is 1.74. The quantitative estimate of drug-likeness (QED) is 0.620. The van der Waals surface area contributed by atoms with E-state index in [0.717, 1.165) is 0 Å². The van der Waals surface area contributed by atoms with Crippen molar-refractivity contribution in [2.75, 3.05) is 39.9 Å². The third-order valence-corrected chi connectivity index (χ3v) is 2.49. The predicted octanol–water partition coefficient (Wildman–Crippen LogP) is -1.43. The smallest absolute Gasteiger partial charge is 0.249 e. The monoisotopic (exact) mass is 229 g/mol. The first kappa shape index (κ1) is 12.9. The molecule has 1 saturated heterocycles. The van der Waals surface area contributed by atoms with Crippen LogP contribution in [-0.4, -0.2) is 62.7 Å². The summed E-state index contributed by atoms with van der Waals surface area (Å²) in [5.74, 6) is -0.251. The minimum atomic E-state index is -0.420. The van der Waals surface area contributed by atoms with Crippen LogP contribution in [0.4, 0.5) is 0 Å². The number of amides is 2. The topological polar surface area (TPSA) is 70.7 Å². The Morgan fingerprint density at radius 3 is 2.94 bits per heavy atom. The molecule has 2 N–H and O–H groups in total. The largest absolute Gasteiger partial charge is 0.375 e. The number of nitrogens with zero attached hydrogens (tertiary/aromatic N) is 1. The zero-order chi connectivity index (χ0) is 12.0. The maximum Gasteiger partial charge on any atom is 0.249 e. The summed E-state index contributed by atoms with van der Waals surface area (Å²) < 4.78 is 4.80. The van der Waals surface area contributed by atoms with Crippen LogP contribution >= 0.6 is 0 Å². The lowest BCUT2D eigenvalue weighted by Crippen LogP contribution is -2.60. The average Bonchev–Trinajstić information content (AvgIpc) is 2.30. The van der Waals surface area contributed by atoms with Gasteiger partial charge in [0, 0.05) is 33.3 Å². The Morgan fingerprint density at radius 1 is 1.56 bits per heavy atom. The molecule has 6 nitrogen and oxygen atoms in total. The van der Waals surface area contributed by atoms with Crippen LogP contribution < -0.4 is 10.6 Å². The fourth-order valence-electron chi connectivity index (χ4n) is 1.74. The van der Waals surface area contributed by atoms with Gasteiger partial charge < -0.3 is 20.3 Å². The third kappa shape index (κ3) is 3.18. The van der Waals surface area contributed by atoms with Crippen LogP contribution in [-0.2, 0) is 14.3 Å². The molecule has 1 aliphatic rings. The molecule has 6 heteroatoms. The second kappa shape index (κ2) is 6.44. The number of hydrogen-bond donors (Lipinski definition) is 2. The molecular formula is C10H19N3O3. The van der Waals surface area contributed by atoms with E-state index in [1.807, 2.05) is 6.92 Å². The molecule has 1 aliphatic heterocycles. The fraction of sp³-hybridized carbons (Fsp3) is 0.800. The molecule has 0 aliphatic carbocycles. The molecule has 0 aromatic carbocycles. The molecule has 1 fully saturated rings. The van der Waals surface area contributed by atoms with Gasteiger partial charge in [-0.25, -0.2) is 0 Å². The van der Waals surface area contributed by atoms with Gasteiger partial charge >= 0.3 is 0 Å². The average molecular weight is 229 g/mol. The van der Waals surface area contributed by atoms with Gasteiger partial charge in [-0.05, 0) is 6.92 Å². The number of carbonyl (C=O) groups is 2. The van der Waals surface area contributed by atoms with Gasteiger partial charge in [-0.15, -0.1) is 0 Å². The van der Waals surface area contributed by atoms with E-state index in [4.69, 9.17) is 4.74 Å². The first-order valence-electron chi connectivity index (χ1n) is 5.47. The van der Waals surface area contributed by atoms with Crippen LogP contribution in [0.25, 0.3) is 0 Å². The van der Waals surface area contributed by atoms with E-state index in [0.29, 0.717) is 26.2 Å². The molecule has 0 spiro atoms. The molecule has 2 amide bonds. The van der Waals surface area contributed by atoms with Gasteiger partial charge in [0.05, 0.1) is 0 Å². The Morgan fingerprint density at radius 2 is 2.31 bits per heavy atom. The molecule has 0 aromatic heterocycles. The maximum absolute atomic E-state index is 11.7. The van der Waals surface area contributed by atoms with E-state index in [1.54, 1.807) is 4.90 Å². The molecule has 1 heterocycles. The molecule has 16 heavy (non-hydrogen) atoms. The van der Waals surface area contributed by atoms with Crippen molar-refractivity contribution in [3.8, 4) is 0 Å². The predicted molar refractivity (Wildman–Crippen MR) is 58.9 cm³/mol. The van der Waals surface area contributed by atoms with Gasteiger partial charge in [0.1, 0.15) is 12.6 Å². The van der Waals surface area contributed by atoms with Crippen molar-refractivity contribution in [1.82, 2.24) is 15.5 Å². The van der Waals surface area contributed by atoms with Gasteiger partial charge in [-0.3, -0.25) is 9.59 Å². The minimum absolute atomic E-state index is 0.0237. The summed E-state index contributed by atoms with van der Waals surface area (Å²) in [4.78, 5) is 25.0. The molecule has 1 rings (SSSR count). The van der Waals surface area contributed by atoms with Crippen molar-refractivity contribution in [2.24, 2.45) is 0 Å². The zero-order valence-electron chi connectivity index (χ0n) is 9.78. The molecule has 0 aromatic rings. The number of hydrogen-bond acceptors (Lipinski definition) is 4. The zero-order valence-corrected chi connectivity index (χ0v) is 9.78. The molecule has 0 bridgehead atoms. The van der Waals surface area contributed by atoms with Crippen molar-refractivity contribution >= 4 is 11.8 Å². The van der Waals surface area contributed by atoms with Crippen LogP contribution in [0.3, 0.4) is 0 Å². The number of piperazine rings is 1. The Labute approximate surface area is 95.3 Å². The third-order valence-electron chi connectivity index (χ3n) is 2.49. The number of nitrogens with one attached hydrogen (secondary N) is 2. The van der Waals surface area contributed by atoms with Crippen molar-refractivity contribution in [3.63, 3.8) is 0 Å². The first-order valence-corrected chi connectivity index (χ1v) is 5.47. The maximum atomic E-state index is 11.7. The Kier molecular flexibility index (Phi) is 5.21. The normalized spacial score (nSPS) is 20.6. The highest BCUT2D eigenvalue weighted by Gasteiger charge is 2.31. The number of carbonyl (C=O) groups excluding carboxylic acids is 2. The number of methoxy groups -OCH3 is 1. The van der Waals surface area contributed by atoms with E-state index in [2.05, 4.69) is 10.6 Å². The van der Waals surface area contributed by atoms with Crippen molar-refractivity contribution in [1.29, 1.82) is 0 Å². The highest BCUT2D eigenvalue weighted by molar-refractivity contribution is 5.88. The van der Waals surface area contributed by atoms with Gasteiger partial charge in [0.15, 0.2) is 0 Å². The van der Waals surface area contributed by atoms with Gasteiger partial charge in [0.2, 0.25) is 11.8 Å². The minimum Gasteiger partial charge on any atom is -0.375 e. The Bertz CT molecular complexity index is 232. The Balaban J connectivity index is 2.63. The van der Waals surface area contributed by atoms with Gasteiger partial charge in [0.25, 0.3) is 0 Å². The molecule has 92 valence electrons. The van der Waals surface area contributed by atoms with Gasteiger partial charge in [-0.1, -0.05) is 0 Å². The highest BCUT2D eigenvalue weighted by Crippen LogP contribution is 2.04. The summed E-state index contributed by atoms with van der Waals surface area (Å²) in [6.07, 6.45) is 0. The lowest BCUT2D eigenvalue weighted by atomic mass is 10.1. The molecule has 1 atom stereocenters. The van der Waals surface area contributed by atoms with Crippen molar-refractivity contribution in [2.45, 2.75) is 13.0 Å². The summed E-state index contributed by atoms with van der Waals surface area (Å²) >= 11 is 0. The van der Waals surface area contributed by atoms with E-state index in [1.165, 1.54) is 7.11 Å². The SMILES string of the molecule is CCNC(=O)C1CNCCN1C(=O)COC. The van der Waals surface area contributed by atoms with Crippen LogP contribution in [0.15, 0.2) is 0 Å². The number of ether oxygens (including phenoxy) is 1. The molecule has 0 radical (unpaired) electrons. The summed E-state index contributed by atoms with van der Waals surface area (Å²) in [6.45, 7) is 4.21. The summed E-state index contributed by atoms with van der Waals surface area (Å²) in [7, 11) is 1.47. The molecule has 1 unspecified atom stereocenters. The second-order valence-corrected chi connectivity index (χ2v) is 3.63. The lowest BCUT2D eigenvalue weighted by molar-refractivity contribution is -0.144. The van der Waals surface area contributed by atoms with Crippen molar-refractivity contribution < 1.29 is 14.3 Å². The molecule has 0 saturated carbocycles. The Hall–Kier alpha value is -1.14. The summed E-state index contributed by atoms with van der Waals surface area (Å²) in [6, 6.07) is -0.420. The summed E-state index contributed by atoms with van der Waals surface area (Å²) in [5.41, 5.74) is 0. The number of rotatable bonds is 4. The van der Waals surface area contributed by atoms with Crippen LogP contribution in [0.1, 0.15) is 6.92 Å². The van der Waals surface area contributed by atoms with Crippen LogP contribution in [0, 0.1) is 0 Å². The molecular weight excluding hydrogens is 210 g/mol. The lowest BCUT2D eigenvalue weighted by Gasteiger charge is -2.34. The van der Waals surface area contributed by atoms with E-state index in [-0.39, 0.29) is 18.4 Å². The van der Waals surface area contributed by atoms with Crippen LogP contribution in [0.5, 0.6) is 0 Å². The van der Waals surface area contributed by atoms with E-state index >= 15 is 0 Å². The summed E-state index contributed by atoms with van der Waals surface area (Å²) in [5, 5.41) is 5.83. The van der Waals surface area contributed by atoms with E-state index in [9.17, 15) is 9.59 Å². The van der Waals surface area contributed by atoms with E-state index < -0.39 is 6.04 Å². The second-order valence-electron chi connectivity index (χ2n) is 3.63. The number of likely N-dealkylation sites (N-methyl/N-ethyl adjacent to an activating group) is 1. The van der Waals surface area contributed by atoms with Crippen LogP contribution in [0.2, 0.25) is 0 Å². The highest BCUT2D eigenvalue weighted by atomic mass is 16.5. The first-order chi connectivity index (χ1) is 7.70. The standard InChI is InChI=1S/C10H19N3O3/c1-3-12-10(15)8-6-11-4-5-13(8)9(14)7-16-2/h8,11H,3-7H2,1-2H3,(H,12,15).